The molecule has 0 aromatic carbocycles. The normalized spacial score (nSPS) is 9.62. The zero-order valence-electron chi connectivity index (χ0n) is 6.77. The monoisotopic (exact) mass is 200 g/mol. The van der Waals surface area contributed by atoms with Gasteiger partial charge in [-0.15, -0.1) is 0 Å². The largest absolute Gasteiger partial charge is 0.450 e. The van der Waals surface area contributed by atoms with Gasteiger partial charge in [-0.05, 0) is 12.1 Å². The van der Waals surface area contributed by atoms with Crippen molar-refractivity contribution >= 4 is 21.1 Å². The Morgan fingerprint density at radius 1 is 1.69 bits per heavy atom. The third-order valence-electron chi connectivity index (χ3n) is 1.48. The van der Waals surface area contributed by atoms with Crippen molar-refractivity contribution in [3.8, 4) is 0 Å². The zero-order chi connectivity index (χ0) is 9.84. The maximum Gasteiger partial charge on any atom is 0.328 e. The fourth-order valence-corrected chi connectivity index (χ4v) is 0.931. The molecule has 0 aliphatic carbocycles. The second-order valence-corrected chi connectivity index (χ2v) is 2.62. The number of hydrogen-bond donors (Lipinski definition) is 1. The lowest BCUT2D eigenvalue weighted by Gasteiger charge is -2.03. The van der Waals surface area contributed by atoms with Gasteiger partial charge in [-0.1, -0.05) is 0 Å². The predicted octanol–water partition coefficient (Wildman–Crippen LogP) is -0.236. The Hall–Kier alpha value is -1.35. The molecule has 1 aromatic heterocycles. The molecule has 0 amide bonds. The van der Waals surface area contributed by atoms with E-state index in [0.717, 1.165) is 0 Å². The number of pyridine rings is 1. The maximum atomic E-state index is 11.2. The topological polar surface area (TPSA) is 74.3 Å². The lowest BCUT2D eigenvalue weighted by Crippen LogP contribution is -2.25. The summed E-state index contributed by atoms with van der Waals surface area (Å²) in [6.45, 7) is -0.132. The van der Waals surface area contributed by atoms with E-state index in [2.05, 4.69) is 4.52 Å². The first-order valence-electron chi connectivity index (χ1n) is 3.49. The van der Waals surface area contributed by atoms with E-state index < -0.39 is 11.5 Å². The van der Waals surface area contributed by atoms with Gasteiger partial charge in [0.1, 0.15) is 6.54 Å². The first kappa shape index (κ1) is 9.74. The van der Waals surface area contributed by atoms with Crippen LogP contribution in [0.5, 0.6) is 0 Å². The molecule has 1 unspecified atom stereocenters. The minimum Gasteiger partial charge on any atom is -0.450 e. The number of hydrogen-bond acceptors (Lipinski definition) is 4. The summed E-state index contributed by atoms with van der Waals surface area (Å²) in [6.07, 6.45) is 1.47. The van der Waals surface area contributed by atoms with Crippen LogP contribution in [0.4, 0.5) is 5.69 Å². The van der Waals surface area contributed by atoms with Crippen LogP contribution in [0.1, 0.15) is 0 Å². The van der Waals surface area contributed by atoms with E-state index in [1.165, 1.54) is 16.8 Å². The summed E-state index contributed by atoms with van der Waals surface area (Å²) in [5, 5.41) is 0. The number of nitrogens with zero attached hydrogens (tertiary/aromatic N) is 1. The highest BCUT2D eigenvalue weighted by Gasteiger charge is 2.04. The Balaban J connectivity index is 2.96. The lowest BCUT2D eigenvalue weighted by atomic mass is 10.4. The molecule has 0 radical (unpaired) electrons. The summed E-state index contributed by atoms with van der Waals surface area (Å²) >= 11 is 0. The first-order valence-corrected chi connectivity index (χ1v) is 3.97. The molecule has 5 nitrogen and oxygen atoms in total. The second kappa shape index (κ2) is 4.05. The fourth-order valence-electron chi connectivity index (χ4n) is 0.856. The van der Waals surface area contributed by atoms with E-state index in [-0.39, 0.29) is 12.2 Å². The van der Waals surface area contributed by atoms with Gasteiger partial charge in [0.25, 0.3) is 5.56 Å². The summed E-state index contributed by atoms with van der Waals surface area (Å²) in [7, 11) is 1.82. The molecule has 0 saturated carbocycles. The number of nitrogens with two attached hydrogens (primary N) is 1. The van der Waals surface area contributed by atoms with Gasteiger partial charge in [-0.2, -0.15) is 0 Å². The highest BCUT2D eigenvalue weighted by molar-refractivity contribution is 7.10. The molecule has 13 heavy (non-hydrogen) atoms. The standard InChI is InChI=1S/C7H9N2O3P/c8-5-2-1-3-9(7(5)11)4-6(10)12-13/h1-3H,4,8,13H2. The van der Waals surface area contributed by atoms with Crippen molar-refractivity contribution < 1.29 is 9.32 Å². The van der Waals surface area contributed by atoms with Crippen molar-refractivity contribution in [1.29, 1.82) is 0 Å². The average molecular weight is 200 g/mol. The van der Waals surface area contributed by atoms with Gasteiger partial charge >= 0.3 is 5.97 Å². The van der Waals surface area contributed by atoms with Crippen molar-refractivity contribution in [3.05, 3.63) is 28.7 Å². The Morgan fingerprint density at radius 3 is 3.00 bits per heavy atom. The quantitative estimate of drug-likeness (QED) is 0.669. The molecule has 0 spiro atoms. The van der Waals surface area contributed by atoms with E-state index in [9.17, 15) is 9.59 Å². The Bertz CT molecular complexity index is 374. The average Bonchev–Trinajstić information content (AvgIpc) is 2.13. The highest BCUT2D eigenvalue weighted by atomic mass is 31.0. The van der Waals surface area contributed by atoms with Crippen LogP contribution in [-0.4, -0.2) is 10.5 Å². The molecule has 0 bridgehead atoms. The molecule has 0 saturated heterocycles. The maximum absolute atomic E-state index is 11.2. The van der Waals surface area contributed by atoms with E-state index in [4.69, 9.17) is 5.73 Å². The van der Waals surface area contributed by atoms with Gasteiger partial charge < -0.3 is 14.8 Å². The number of nitrogen functional groups attached to an aromatic ring is 1. The van der Waals surface area contributed by atoms with Gasteiger partial charge in [0.15, 0.2) is 0 Å². The molecule has 1 atom stereocenters. The summed E-state index contributed by atoms with van der Waals surface area (Å²) in [5.41, 5.74) is 5.07. The van der Waals surface area contributed by atoms with E-state index >= 15 is 0 Å². The number of anilines is 1. The molecule has 1 aromatic rings. The first-order chi connectivity index (χ1) is 6.15. The minimum absolute atomic E-state index is 0.110. The number of rotatable bonds is 2. The smallest absolute Gasteiger partial charge is 0.328 e. The van der Waals surface area contributed by atoms with Gasteiger partial charge in [-0.3, -0.25) is 4.79 Å². The van der Waals surface area contributed by atoms with Crippen molar-refractivity contribution in [2.24, 2.45) is 0 Å². The van der Waals surface area contributed by atoms with E-state index in [1.807, 2.05) is 9.47 Å². The second-order valence-electron chi connectivity index (χ2n) is 2.39. The van der Waals surface area contributed by atoms with Gasteiger partial charge in [0.2, 0.25) is 0 Å². The van der Waals surface area contributed by atoms with Crippen LogP contribution in [0.3, 0.4) is 0 Å². The molecule has 0 fully saturated rings. The van der Waals surface area contributed by atoms with E-state index in [1.54, 1.807) is 6.07 Å². The SMILES string of the molecule is Nc1cccn(CC(=O)OP)c1=O. The Labute approximate surface area is 76.8 Å². The third kappa shape index (κ3) is 2.29. The molecule has 0 aliphatic heterocycles. The molecular weight excluding hydrogens is 191 g/mol. The van der Waals surface area contributed by atoms with Crippen molar-refractivity contribution in [3.63, 3.8) is 0 Å². The van der Waals surface area contributed by atoms with E-state index in [0.29, 0.717) is 0 Å². The Morgan fingerprint density at radius 2 is 2.38 bits per heavy atom. The molecule has 0 aliphatic rings. The van der Waals surface area contributed by atoms with Crippen molar-refractivity contribution in [1.82, 2.24) is 4.57 Å². The molecule has 1 heterocycles. The fraction of sp³-hybridized carbons (Fsp3) is 0.143. The van der Waals surface area contributed by atoms with Crippen LogP contribution < -0.4 is 11.3 Å². The van der Waals surface area contributed by atoms with Crippen LogP contribution in [0, 0.1) is 0 Å². The number of carbonyl (C=O) groups excluding carboxylic acids is 1. The van der Waals surface area contributed by atoms with Crippen molar-refractivity contribution in [2.45, 2.75) is 6.54 Å². The molecular formula is C7H9N2O3P. The van der Waals surface area contributed by atoms with Crippen LogP contribution in [0.25, 0.3) is 0 Å². The summed E-state index contributed by atoms with van der Waals surface area (Å²) in [5.74, 6) is -0.516. The van der Waals surface area contributed by atoms with Crippen LogP contribution in [0.15, 0.2) is 23.1 Å². The van der Waals surface area contributed by atoms with Crippen LogP contribution in [0.2, 0.25) is 0 Å². The number of carbonyl (C=O) groups is 1. The Kier molecular flexibility index (Phi) is 3.03. The highest BCUT2D eigenvalue weighted by Crippen LogP contribution is 1.94. The predicted molar refractivity (Wildman–Crippen MR) is 50.9 cm³/mol. The number of aromatic nitrogens is 1. The third-order valence-corrected chi connectivity index (χ3v) is 1.74. The van der Waals surface area contributed by atoms with Gasteiger partial charge in [0.05, 0.1) is 15.2 Å². The van der Waals surface area contributed by atoms with Crippen LogP contribution in [-0.2, 0) is 15.9 Å². The summed E-state index contributed by atoms with van der Waals surface area (Å²) in [4.78, 5) is 22.0. The van der Waals surface area contributed by atoms with Gasteiger partial charge in [-0.25, -0.2) is 4.79 Å². The summed E-state index contributed by atoms with van der Waals surface area (Å²) in [6, 6.07) is 3.07. The molecule has 70 valence electrons. The van der Waals surface area contributed by atoms with Crippen molar-refractivity contribution in [2.75, 3.05) is 5.73 Å². The van der Waals surface area contributed by atoms with Crippen LogP contribution >= 0.6 is 9.47 Å². The lowest BCUT2D eigenvalue weighted by molar-refractivity contribution is -0.133. The molecule has 6 heteroatoms. The van der Waals surface area contributed by atoms with Gasteiger partial charge in [0, 0.05) is 6.20 Å². The minimum atomic E-state index is -0.516. The molecule has 1 rings (SSSR count). The molecule has 2 N–H and O–H groups in total. The zero-order valence-corrected chi connectivity index (χ0v) is 7.92. The summed E-state index contributed by atoms with van der Waals surface area (Å²) < 4.78 is 5.51.